The van der Waals surface area contributed by atoms with Crippen molar-refractivity contribution in [2.24, 2.45) is 5.92 Å². The van der Waals surface area contributed by atoms with E-state index in [0.29, 0.717) is 0 Å². The average Bonchev–Trinajstić information content (AvgIpc) is 2.52. The standard InChI is InChI=1S/C10H13F2N3O3.ClH/c11-10(12)6(3-5(4-16)8(10)17)15-2-1-7(13)14-9(15)18;/h1-2,5-6,8,16-17H,3-4H2,(H2,13,14,18);1H/t5-,6-,8+;/m1./s1. The molecule has 19 heavy (non-hydrogen) atoms. The van der Waals surface area contributed by atoms with E-state index in [4.69, 9.17) is 10.8 Å². The summed E-state index contributed by atoms with van der Waals surface area (Å²) in [6.45, 7) is -0.565. The van der Waals surface area contributed by atoms with Crippen LogP contribution >= 0.6 is 12.4 Å². The van der Waals surface area contributed by atoms with Gasteiger partial charge in [0.15, 0.2) is 0 Å². The van der Waals surface area contributed by atoms with Gasteiger partial charge in [0, 0.05) is 18.7 Å². The number of aliphatic hydroxyl groups excluding tert-OH is 2. The number of nitrogens with two attached hydrogens (primary N) is 1. The zero-order chi connectivity index (χ0) is 13.5. The van der Waals surface area contributed by atoms with E-state index in [-0.39, 0.29) is 24.6 Å². The summed E-state index contributed by atoms with van der Waals surface area (Å²) >= 11 is 0. The first-order chi connectivity index (χ1) is 8.37. The Hall–Kier alpha value is -1.25. The van der Waals surface area contributed by atoms with Crippen LogP contribution in [0, 0.1) is 5.92 Å². The Morgan fingerprint density at radius 3 is 2.68 bits per heavy atom. The van der Waals surface area contributed by atoms with Crippen LogP contribution in [0.2, 0.25) is 0 Å². The summed E-state index contributed by atoms with van der Waals surface area (Å²) in [6.07, 6.45) is -1.05. The van der Waals surface area contributed by atoms with Gasteiger partial charge in [-0.2, -0.15) is 4.98 Å². The largest absolute Gasteiger partial charge is 0.396 e. The smallest absolute Gasteiger partial charge is 0.349 e. The van der Waals surface area contributed by atoms with E-state index >= 15 is 0 Å². The van der Waals surface area contributed by atoms with Gasteiger partial charge in [-0.05, 0) is 12.5 Å². The molecule has 0 bridgehead atoms. The summed E-state index contributed by atoms with van der Waals surface area (Å²) in [5, 5.41) is 18.4. The number of rotatable bonds is 2. The monoisotopic (exact) mass is 297 g/mol. The molecule has 1 aromatic rings. The Balaban J connectivity index is 0.00000180. The maximum atomic E-state index is 13.8. The number of anilines is 1. The van der Waals surface area contributed by atoms with E-state index in [2.05, 4.69) is 4.98 Å². The molecule has 1 fully saturated rings. The van der Waals surface area contributed by atoms with Crippen molar-refractivity contribution in [2.45, 2.75) is 24.5 Å². The first-order valence-electron chi connectivity index (χ1n) is 5.39. The number of hydrogen-bond acceptors (Lipinski definition) is 5. The predicted molar refractivity (Wildman–Crippen MR) is 65.3 cm³/mol. The number of aliphatic hydroxyl groups is 2. The topological polar surface area (TPSA) is 101 Å². The fourth-order valence-corrected chi connectivity index (χ4v) is 2.22. The highest BCUT2D eigenvalue weighted by atomic mass is 35.5. The zero-order valence-corrected chi connectivity index (χ0v) is 10.6. The molecule has 1 aliphatic rings. The molecule has 108 valence electrons. The molecule has 0 saturated heterocycles. The Morgan fingerprint density at radius 2 is 2.21 bits per heavy atom. The summed E-state index contributed by atoms with van der Waals surface area (Å²) in [4.78, 5) is 14.9. The van der Waals surface area contributed by atoms with Gasteiger partial charge in [-0.15, -0.1) is 12.4 Å². The molecule has 0 aliphatic heterocycles. The molecule has 0 aromatic carbocycles. The molecule has 0 spiro atoms. The third-order valence-electron chi connectivity index (χ3n) is 3.23. The fourth-order valence-electron chi connectivity index (χ4n) is 2.22. The second kappa shape index (κ2) is 5.40. The van der Waals surface area contributed by atoms with Crippen LogP contribution < -0.4 is 11.4 Å². The van der Waals surface area contributed by atoms with Gasteiger partial charge in [-0.25, -0.2) is 13.6 Å². The third-order valence-corrected chi connectivity index (χ3v) is 3.23. The highest BCUT2D eigenvalue weighted by molar-refractivity contribution is 5.85. The number of alkyl halides is 2. The van der Waals surface area contributed by atoms with Crippen molar-refractivity contribution in [1.82, 2.24) is 9.55 Å². The number of hydrogen-bond donors (Lipinski definition) is 3. The van der Waals surface area contributed by atoms with Crippen LogP contribution in [0.1, 0.15) is 12.5 Å². The molecule has 2 rings (SSSR count). The Morgan fingerprint density at radius 1 is 1.58 bits per heavy atom. The molecule has 9 heteroatoms. The molecule has 0 unspecified atom stereocenters. The molecular weight excluding hydrogens is 284 g/mol. The quantitative estimate of drug-likeness (QED) is 0.701. The lowest BCUT2D eigenvalue weighted by Gasteiger charge is -2.23. The summed E-state index contributed by atoms with van der Waals surface area (Å²) < 4.78 is 28.4. The summed E-state index contributed by atoms with van der Waals surface area (Å²) in [5.74, 6) is -4.51. The average molecular weight is 298 g/mol. The number of nitrogens with zero attached hydrogens (tertiary/aromatic N) is 2. The van der Waals surface area contributed by atoms with Gasteiger partial charge in [0.05, 0.1) is 0 Å². The van der Waals surface area contributed by atoms with Crippen molar-refractivity contribution in [3.63, 3.8) is 0 Å². The Kier molecular flexibility index (Phi) is 4.49. The SMILES string of the molecule is Cl.Nc1ccn([C@@H]2C[C@H](CO)[C@H](O)C2(F)F)c(=O)n1. The lowest BCUT2D eigenvalue weighted by atomic mass is 10.1. The summed E-state index contributed by atoms with van der Waals surface area (Å²) in [7, 11) is 0. The van der Waals surface area contributed by atoms with E-state index < -0.39 is 36.3 Å². The van der Waals surface area contributed by atoms with Crippen molar-refractivity contribution >= 4 is 18.2 Å². The highest BCUT2D eigenvalue weighted by Gasteiger charge is 2.57. The predicted octanol–water partition coefficient (Wildman–Crippen LogP) is -0.203. The highest BCUT2D eigenvalue weighted by Crippen LogP contribution is 2.46. The van der Waals surface area contributed by atoms with Crippen LogP contribution in [0.3, 0.4) is 0 Å². The van der Waals surface area contributed by atoms with E-state index in [1.165, 1.54) is 6.07 Å². The molecule has 0 radical (unpaired) electrons. The molecule has 1 saturated carbocycles. The molecule has 0 amide bonds. The van der Waals surface area contributed by atoms with Crippen molar-refractivity contribution < 1.29 is 19.0 Å². The molecule has 1 aromatic heterocycles. The van der Waals surface area contributed by atoms with Gasteiger partial charge < -0.3 is 15.9 Å². The van der Waals surface area contributed by atoms with Crippen LogP contribution in [0.5, 0.6) is 0 Å². The second-order valence-corrected chi connectivity index (χ2v) is 4.36. The van der Waals surface area contributed by atoms with Crippen molar-refractivity contribution in [2.75, 3.05) is 12.3 Å². The van der Waals surface area contributed by atoms with Crippen molar-refractivity contribution in [1.29, 1.82) is 0 Å². The maximum absolute atomic E-state index is 13.8. The van der Waals surface area contributed by atoms with Gasteiger partial charge in [-0.3, -0.25) is 4.57 Å². The summed E-state index contributed by atoms with van der Waals surface area (Å²) in [6, 6.07) is -0.291. The second-order valence-electron chi connectivity index (χ2n) is 4.36. The molecule has 3 atom stereocenters. The first-order valence-corrected chi connectivity index (χ1v) is 5.39. The van der Waals surface area contributed by atoms with E-state index in [0.717, 1.165) is 10.8 Å². The minimum absolute atomic E-state index is 0. The summed E-state index contributed by atoms with van der Waals surface area (Å²) in [5.41, 5.74) is 4.38. The van der Waals surface area contributed by atoms with Crippen LogP contribution in [0.15, 0.2) is 17.1 Å². The van der Waals surface area contributed by atoms with Gasteiger partial charge in [0.1, 0.15) is 18.0 Å². The molecule has 4 N–H and O–H groups in total. The minimum Gasteiger partial charge on any atom is -0.396 e. The van der Waals surface area contributed by atoms with Gasteiger partial charge in [0.2, 0.25) is 0 Å². The fraction of sp³-hybridized carbons (Fsp3) is 0.600. The third kappa shape index (κ3) is 2.56. The lowest BCUT2D eigenvalue weighted by Crippen LogP contribution is -2.40. The van der Waals surface area contributed by atoms with E-state index in [1.807, 2.05) is 0 Å². The Bertz CT molecular complexity index is 511. The van der Waals surface area contributed by atoms with Gasteiger partial charge >= 0.3 is 5.69 Å². The van der Waals surface area contributed by atoms with Crippen LogP contribution in [0.4, 0.5) is 14.6 Å². The Labute approximate surface area is 113 Å². The normalized spacial score (nSPS) is 28.9. The van der Waals surface area contributed by atoms with E-state index in [1.54, 1.807) is 0 Å². The van der Waals surface area contributed by atoms with Crippen molar-refractivity contribution in [3.05, 3.63) is 22.7 Å². The molecule has 1 aliphatic carbocycles. The van der Waals surface area contributed by atoms with Crippen molar-refractivity contribution in [3.8, 4) is 0 Å². The van der Waals surface area contributed by atoms with Crippen LogP contribution in [-0.4, -0.2) is 38.4 Å². The van der Waals surface area contributed by atoms with E-state index in [9.17, 15) is 18.7 Å². The minimum atomic E-state index is -3.49. The van der Waals surface area contributed by atoms with Gasteiger partial charge in [-0.1, -0.05) is 0 Å². The lowest BCUT2D eigenvalue weighted by molar-refractivity contribution is -0.123. The zero-order valence-electron chi connectivity index (χ0n) is 9.74. The van der Waals surface area contributed by atoms with Crippen LogP contribution in [0.25, 0.3) is 0 Å². The molecule has 6 nitrogen and oxygen atoms in total. The molecule has 1 heterocycles. The van der Waals surface area contributed by atoms with Crippen LogP contribution in [-0.2, 0) is 0 Å². The van der Waals surface area contributed by atoms with Gasteiger partial charge in [0.25, 0.3) is 5.92 Å². The number of aromatic nitrogens is 2. The number of halogens is 3. The molecular formula is C10H14ClF2N3O3. The maximum Gasteiger partial charge on any atom is 0.349 e. The first kappa shape index (κ1) is 15.8. The number of nitrogen functional groups attached to an aromatic ring is 1.